The third-order valence-electron chi connectivity index (χ3n) is 2.32. The van der Waals surface area contributed by atoms with Gasteiger partial charge in [-0.3, -0.25) is 0 Å². The molecule has 10 heavy (non-hydrogen) atoms. The van der Waals surface area contributed by atoms with Crippen LogP contribution in [0.4, 0.5) is 0 Å². The van der Waals surface area contributed by atoms with Crippen LogP contribution in [0.2, 0.25) is 0 Å². The van der Waals surface area contributed by atoms with Crippen LogP contribution >= 0.6 is 0 Å². The van der Waals surface area contributed by atoms with E-state index in [2.05, 4.69) is 12.2 Å². The maximum atomic E-state index is 9.49. The Balaban J connectivity index is 2.55. The van der Waals surface area contributed by atoms with Crippen LogP contribution < -0.4 is 5.32 Å². The van der Waals surface area contributed by atoms with Gasteiger partial charge in [0.25, 0.3) is 0 Å². The average molecular weight is 143 g/mol. The summed E-state index contributed by atoms with van der Waals surface area (Å²) < 4.78 is 0. The van der Waals surface area contributed by atoms with E-state index in [1.807, 2.05) is 13.8 Å². The quantitative estimate of drug-likeness (QED) is 0.528. The van der Waals surface area contributed by atoms with Gasteiger partial charge in [0.1, 0.15) is 0 Å². The van der Waals surface area contributed by atoms with Crippen molar-refractivity contribution >= 4 is 0 Å². The van der Waals surface area contributed by atoms with Crippen molar-refractivity contribution < 1.29 is 5.11 Å². The molecule has 2 heteroatoms. The van der Waals surface area contributed by atoms with Crippen molar-refractivity contribution in [2.45, 2.75) is 51.3 Å². The van der Waals surface area contributed by atoms with Crippen molar-refractivity contribution in [3.05, 3.63) is 0 Å². The third-order valence-corrected chi connectivity index (χ3v) is 2.32. The Morgan fingerprint density at radius 1 is 1.40 bits per heavy atom. The summed E-state index contributed by atoms with van der Waals surface area (Å²) in [5.74, 6) is 0. The van der Waals surface area contributed by atoms with Crippen LogP contribution in [0.25, 0.3) is 0 Å². The van der Waals surface area contributed by atoms with Crippen molar-refractivity contribution in [3.8, 4) is 0 Å². The molecule has 0 aromatic heterocycles. The Morgan fingerprint density at radius 3 is 2.40 bits per heavy atom. The van der Waals surface area contributed by atoms with Gasteiger partial charge in [-0.15, -0.1) is 0 Å². The zero-order valence-electron chi connectivity index (χ0n) is 7.02. The van der Waals surface area contributed by atoms with E-state index in [-0.39, 0.29) is 11.6 Å². The normalized spacial score (nSPS) is 39.6. The molecule has 1 fully saturated rings. The molecule has 1 aliphatic heterocycles. The minimum absolute atomic E-state index is 0.0856. The first-order valence-electron chi connectivity index (χ1n) is 3.98. The number of rotatable bonds is 0. The van der Waals surface area contributed by atoms with E-state index in [4.69, 9.17) is 0 Å². The Morgan fingerprint density at radius 2 is 2.00 bits per heavy atom. The molecule has 0 radical (unpaired) electrons. The molecule has 2 unspecified atom stereocenters. The molecule has 1 heterocycles. The van der Waals surface area contributed by atoms with Crippen LogP contribution in [-0.4, -0.2) is 22.8 Å². The molecular weight excluding hydrogens is 126 g/mol. The van der Waals surface area contributed by atoms with Crippen LogP contribution in [0.3, 0.4) is 0 Å². The predicted octanol–water partition coefficient (Wildman–Crippen LogP) is 0.898. The van der Waals surface area contributed by atoms with Crippen molar-refractivity contribution in [2.75, 3.05) is 0 Å². The summed E-state index contributed by atoms with van der Waals surface area (Å²) in [5.41, 5.74) is -0.0856. The second-order valence-electron chi connectivity index (χ2n) is 3.86. The average Bonchev–Trinajstić information content (AvgIpc) is 1.78. The molecule has 0 aliphatic carbocycles. The highest BCUT2D eigenvalue weighted by Gasteiger charge is 2.32. The van der Waals surface area contributed by atoms with Gasteiger partial charge in [0.2, 0.25) is 0 Å². The van der Waals surface area contributed by atoms with Crippen LogP contribution in [0.5, 0.6) is 0 Å². The van der Waals surface area contributed by atoms with E-state index in [1.54, 1.807) is 0 Å². The number of aliphatic hydroxyl groups excluding tert-OH is 1. The summed E-state index contributed by atoms with van der Waals surface area (Å²) >= 11 is 0. The molecule has 0 saturated carbocycles. The van der Waals surface area contributed by atoms with Gasteiger partial charge in [0.15, 0.2) is 0 Å². The molecular formula is C8H17NO. The van der Waals surface area contributed by atoms with Gasteiger partial charge in [-0.05, 0) is 33.6 Å². The fraction of sp³-hybridized carbons (Fsp3) is 1.00. The van der Waals surface area contributed by atoms with Gasteiger partial charge in [-0.1, -0.05) is 0 Å². The van der Waals surface area contributed by atoms with Crippen molar-refractivity contribution in [3.63, 3.8) is 0 Å². The summed E-state index contributed by atoms with van der Waals surface area (Å²) in [6.45, 7) is 6.26. The monoisotopic (exact) mass is 143 g/mol. The molecule has 2 atom stereocenters. The lowest BCUT2D eigenvalue weighted by molar-refractivity contribution is 0.0369. The number of piperidine rings is 1. The number of aliphatic hydroxyl groups is 1. The first-order chi connectivity index (χ1) is 4.52. The van der Waals surface area contributed by atoms with Crippen molar-refractivity contribution in [1.29, 1.82) is 0 Å². The van der Waals surface area contributed by atoms with E-state index in [1.165, 1.54) is 0 Å². The smallest absolute Gasteiger partial charge is 0.0716 e. The molecule has 0 spiro atoms. The number of hydrogen-bond donors (Lipinski definition) is 2. The second kappa shape index (κ2) is 2.51. The molecule has 2 nitrogen and oxygen atoms in total. The molecule has 0 amide bonds. The van der Waals surface area contributed by atoms with Crippen LogP contribution in [-0.2, 0) is 0 Å². The van der Waals surface area contributed by atoms with Crippen LogP contribution in [0.1, 0.15) is 33.6 Å². The van der Waals surface area contributed by atoms with Crippen LogP contribution in [0, 0.1) is 0 Å². The van der Waals surface area contributed by atoms with Crippen LogP contribution in [0.15, 0.2) is 0 Å². The summed E-state index contributed by atoms with van der Waals surface area (Å²) in [7, 11) is 0. The minimum Gasteiger partial charge on any atom is -0.391 e. The van der Waals surface area contributed by atoms with E-state index in [9.17, 15) is 5.11 Å². The number of hydrogen-bond acceptors (Lipinski definition) is 2. The highest BCUT2D eigenvalue weighted by Crippen LogP contribution is 2.21. The Labute approximate surface area is 62.6 Å². The molecule has 1 aliphatic rings. The molecule has 0 aromatic rings. The van der Waals surface area contributed by atoms with E-state index in [0.29, 0.717) is 6.04 Å². The van der Waals surface area contributed by atoms with E-state index in [0.717, 1.165) is 12.8 Å². The highest BCUT2D eigenvalue weighted by molar-refractivity contribution is 4.92. The van der Waals surface area contributed by atoms with E-state index < -0.39 is 0 Å². The summed E-state index contributed by atoms with van der Waals surface area (Å²) in [5, 5.41) is 12.8. The molecule has 0 aromatic carbocycles. The van der Waals surface area contributed by atoms with Gasteiger partial charge >= 0.3 is 0 Å². The Bertz CT molecular complexity index is 122. The lowest BCUT2D eigenvalue weighted by atomic mass is 9.87. The fourth-order valence-corrected chi connectivity index (χ4v) is 1.57. The van der Waals surface area contributed by atoms with Crippen molar-refractivity contribution in [2.24, 2.45) is 0 Å². The molecule has 60 valence electrons. The minimum atomic E-state index is -0.177. The lowest BCUT2D eigenvalue weighted by Crippen LogP contribution is -2.56. The largest absolute Gasteiger partial charge is 0.391 e. The van der Waals surface area contributed by atoms with Gasteiger partial charge in [0, 0.05) is 11.6 Å². The zero-order chi connectivity index (χ0) is 7.78. The van der Waals surface area contributed by atoms with Gasteiger partial charge in [0.05, 0.1) is 6.10 Å². The molecule has 2 N–H and O–H groups in total. The third kappa shape index (κ3) is 1.50. The SMILES string of the molecule is CC1CCC(O)C(C)(C)N1. The summed E-state index contributed by atoms with van der Waals surface area (Å²) in [4.78, 5) is 0. The fourth-order valence-electron chi connectivity index (χ4n) is 1.57. The maximum absolute atomic E-state index is 9.49. The number of nitrogens with one attached hydrogen (secondary N) is 1. The molecule has 1 rings (SSSR count). The summed E-state index contributed by atoms with van der Waals surface area (Å²) in [6.07, 6.45) is 1.84. The predicted molar refractivity (Wildman–Crippen MR) is 41.9 cm³/mol. The Kier molecular flexibility index (Phi) is 2.02. The first kappa shape index (κ1) is 8.02. The first-order valence-corrected chi connectivity index (χ1v) is 3.98. The van der Waals surface area contributed by atoms with Crippen molar-refractivity contribution in [1.82, 2.24) is 5.32 Å². The zero-order valence-corrected chi connectivity index (χ0v) is 7.02. The van der Waals surface area contributed by atoms with E-state index >= 15 is 0 Å². The highest BCUT2D eigenvalue weighted by atomic mass is 16.3. The van der Waals surface area contributed by atoms with Gasteiger partial charge in [-0.2, -0.15) is 0 Å². The standard InChI is InChI=1S/C8H17NO/c1-6-4-5-7(10)8(2,3)9-6/h6-7,9-10H,4-5H2,1-3H3. The van der Waals surface area contributed by atoms with Gasteiger partial charge in [-0.25, -0.2) is 0 Å². The second-order valence-corrected chi connectivity index (χ2v) is 3.86. The molecule has 1 saturated heterocycles. The lowest BCUT2D eigenvalue weighted by Gasteiger charge is -2.39. The Hall–Kier alpha value is -0.0800. The van der Waals surface area contributed by atoms with Gasteiger partial charge < -0.3 is 10.4 Å². The summed E-state index contributed by atoms with van der Waals surface area (Å²) in [6, 6.07) is 0.554. The topological polar surface area (TPSA) is 32.3 Å². The maximum Gasteiger partial charge on any atom is 0.0716 e. The molecule has 0 bridgehead atoms.